The highest BCUT2D eigenvalue weighted by Crippen LogP contribution is 2.17. The van der Waals surface area contributed by atoms with E-state index in [4.69, 9.17) is 9.47 Å². The number of amides is 2. The molecule has 1 rings (SSSR count). The first kappa shape index (κ1) is 16.1. The maximum Gasteiger partial charge on any atom is 0.319 e. The standard InChI is InChI=1S/C15H24N2O3/c1-4-6-11-17(3)15(18)16-12-20-14-9-7-13(8-10-14)19-5-2/h7-10H,4-6,11-12H2,1-3H3,(H,16,18). The monoisotopic (exact) mass is 280 g/mol. The van der Waals surface area contributed by atoms with Crippen LogP contribution in [-0.4, -0.2) is 37.9 Å². The summed E-state index contributed by atoms with van der Waals surface area (Å²) in [5.41, 5.74) is 0. The molecule has 0 saturated heterocycles. The molecule has 0 aliphatic rings. The van der Waals surface area contributed by atoms with Crippen LogP contribution in [-0.2, 0) is 0 Å². The van der Waals surface area contributed by atoms with Crippen molar-refractivity contribution in [1.82, 2.24) is 10.2 Å². The van der Waals surface area contributed by atoms with Crippen LogP contribution in [0.25, 0.3) is 0 Å². The fourth-order valence-electron chi connectivity index (χ4n) is 1.61. The number of rotatable bonds is 8. The number of carbonyl (C=O) groups is 1. The van der Waals surface area contributed by atoms with Crippen LogP contribution in [0.2, 0.25) is 0 Å². The van der Waals surface area contributed by atoms with Gasteiger partial charge in [-0.05, 0) is 37.6 Å². The van der Waals surface area contributed by atoms with E-state index in [-0.39, 0.29) is 12.8 Å². The lowest BCUT2D eigenvalue weighted by molar-refractivity contribution is 0.193. The van der Waals surface area contributed by atoms with Gasteiger partial charge < -0.3 is 19.7 Å². The summed E-state index contributed by atoms with van der Waals surface area (Å²) < 4.78 is 10.8. The molecule has 5 nitrogen and oxygen atoms in total. The molecule has 0 aliphatic carbocycles. The van der Waals surface area contributed by atoms with Crippen molar-refractivity contribution < 1.29 is 14.3 Å². The van der Waals surface area contributed by atoms with Gasteiger partial charge in [0.25, 0.3) is 0 Å². The zero-order valence-corrected chi connectivity index (χ0v) is 12.5. The van der Waals surface area contributed by atoms with Gasteiger partial charge in [-0.1, -0.05) is 13.3 Å². The molecule has 2 amide bonds. The summed E-state index contributed by atoms with van der Waals surface area (Å²) in [6.45, 7) is 5.59. The second kappa shape index (κ2) is 9.07. The van der Waals surface area contributed by atoms with Crippen molar-refractivity contribution >= 4 is 6.03 Å². The van der Waals surface area contributed by atoms with E-state index in [1.54, 1.807) is 11.9 Å². The predicted octanol–water partition coefficient (Wildman–Crippen LogP) is 2.86. The van der Waals surface area contributed by atoms with Gasteiger partial charge in [0.15, 0.2) is 6.73 Å². The second-order valence-corrected chi connectivity index (χ2v) is 4.45. The lowest BCUT2D eigenvalue weighted by Gasteiger charge is -2.17. The van der Waals surface area contributed by atoms with Gasteiger partial charge in [-0.25, -0.2) is 4.79 Å². The Bertz CT molecular complexity index is 393. The van der Waals surface area contributed by atoms with Crippen LogP contribution >= 0.6 is 0 Å². The van der Waals surface area contributed by atoms with Crippen LogP contribution in [0.1, 0.15) is 26.7 Å². The van der Waals surface area contributed by atoms with Gasteiger partial charge in [0.05, 0.1) is 6.61 Å². The summed E-state index contributed by atoms with van der Waals surface area (Å²) in [4.78, 5) is 13.4. The van der Waals surface area contributed by atoms with E-state index < -0.39 is 0 Å². The van der Waals surface area contributed by atoms with E-state index in [2.05, 4.69) is 12.2 Å². The van der Waals surface area contributed by atoms with Gasteiger partial charge in [-0.2, -0.15) is 0 Å². The van der Waals surface area contributed by atoms with Gasteiger partial charge in [0.1, 0.15) is 11.5 Å². The van der Waals surface area contributed by atoms with Crippen LogP contribution < -0.4 is 14.8 Å². The number of nitrogens with zero attached hydrogens (tertiary/aromatic N) is 1. The molecule has 0 atom stereocenters. The number of unbranched alkanes of at least 4 members (excludes halogenated alkanes) is 1. The maximum atomic E-state index is 11.7. The third-order valence-electron chi connectivity index (χ3n) is 2.79. The maximum absolute atomic E-state index is 11.7. The van der Waals surface area contributed by atoms with Crippen molar-refractivity contribution in [3.05, 3.63) is 24.3 Å². The molecular formula is C15H24N2O3. The largest absolute Gasteiger partial charge is 0.494 e. The van der Waals surface area contributed by atoms with E-state index >= 15 is 0 Å². The Hall–Kier alpha value is -1.91. The van der Waals surface area contributed by atoms with E-state index in [0.717, 1.165) is 25.1 Å². The van der Waals surface area contributed by atoms with Crippen LogP contribution in [0.3, 0.4) is 0 Å². The number of ether oxygens (including phenoxy) is 2. The first-order chi connectivity index (χ1) is 9.67. The first-order valence-electron chi connectivity index (χ1n) is 7.02. The van der Waals surface area contributed by atoms with Gasteiger partial charge in [-0.3, -0.25) is 0 Å². The number of hydrogen-bond donors (Lipinski definition) is 1. The Morgan fingerprint density at radius 1 is 1.15 bits per heavy atom. The van der Waals surface area contributed by atoms with Crippen LogP contribution in [0.4, 0.5) is 4.79 Å². The van der Waals surface area contributed by atoms with E-state index in [1.807, 2.05) is 31.2 Å². The fraction of sp³-hybridized carbons (Fsp3) is 0.533. The summed E-state index contributed by atoms with van der Waals surface area (Å²) in [5, 5.41) is 2.71. The number of carbonyl (C=O) groups excluding carboxylic acids is 1. The molecule has 0 aliphatic heterocycles. The van der Waals surface area contributed by atoms with Crippen LogP contribution in [0.15, 0.2) is 24.3 Å². The molecule has 1 aromatic carbocycles. The van der Waals surface area contributed by atoms with E-state index in [0.29, 0.717) is 12.4 Å². The Labute approximate surface area is 120 Å². The van der Waals surface area contributed by atoms with Crippen molar-refractivity contribution in [2.45, 2.75) is 26.7 Å². The van der Waals surface area contributed by atoms with Crippen molar-refractivity contribution in [2.75, 3.05) is 26.9 Å². The SMILES string of the molecule is CCCCN(C)C(=O)NCOc1ccc(OCC)cc1. The minimum Gasteiger partial charge on any atom is -0.494 e. The van der Waals surface area contributed by atoms with E-state index in [1.165, 1.54) is 0 Å². The van der Waals surface area contributed by atoms with Gasteiger partial charge in [0, 0.05) is 13.6 Å². The lowest BCUT2D eigenvalue weighted by atomic mass is 10.3. The van der Waals surface area contributed by atoms with Crippen LogP contribution in [0, 0.1) is 0 Å². The highest BCUT2D eigenvalue weighted by Gasteiger charge is 2.06. The molecule has 20 heavy (non-hydrogen) atoms. The molecule has 1 N–H and O–H groups in total. The fourth-order valence-corrected chi connectivity index (χ4v) is 1.61. The van der Waals surface area contributed by atoms with Crippen molar-refractivity contribution in [3.8, 4) is 11.5 Å². The molecule has 5 heteroatoms. The molecule has 1 aromatic rings. The molecule has 0 fully saturated rings. The third kappa shape index (κ3) is 5.82. The highest BCUT2D eigenvalue weighted by atomic mass is 16.5. The molecule has 0 saturated carbocycles. The lowest BCUT2D eigenvalue weighted by Crippen LogP contribution is -2.39. The summed E-state index contributed by atoms with van der Waals surface area (Å²) in [6.07, 6.45) is 2.07. The molecular weight excluding hydrogens is 256 g/mol. The molecule has 0 unspecified atom stereocenters. The second-order valence-electron chi connectivity index (χ2n) is 4.45. The summed E-state index contributed by atoms with van der Waals surface area (Å²) in [7, 11) is 1.78. The van der Waals surface area contributed by atoms with Gasteiger partial charge >= 0.3 is 6.03 Å². The van der Waals surface area contributed by atoms with Crippen molar-refractivity contribution in [1.29, 1.82) is 0 Å². The Morgan fingerprint density at radius 2 is 1.75 bits per heavy atom. The number of nitrogens with one attached hydrogen (secondary N) is 1. The first-order valence-corrected chi connectivity index (χ1v) is 7.02. The minimum atomic E-state index is -0.121. The molecule has 0 spiro atoms. The summed E-state index contributed by atoms with van der Waals surface area (Å²) in [5.74, 6) is 1.51. The average Bonchev–Trinajstić information content (AvgIpc) is 2.46. The van der Waals surface area contributed by atoms with Gasteiger partial charge in [-0.15, -0.1) is 0 Å². The zero-order chi connectivity index (χ0) is 14.8. The number of hydrogen-bond acceptors (Lipinski definition) is 3. The molecule has 0 radical (unpaired) electrons. The van der Waals surface area contributed by atoms with Crippen molar-refractivity contribution in [3.63, 3.8) is 0 Å². The Morgan fingerprint density at radius 3 is 2.30 bits per heavy atom. The summed E-state index contributed by atoms with van der Waals surface area (Å²) >= 11 is 0. The smallest absolute Gasteiger partial charge is 0.319 e. The average molecular weight is 280 g/mol. The topological polar surface area (TPSA) is 50.8 Å². The molecule has 0 heterocycles. The van der Waals surface area contributed by atoms with Crippen LogP contribution in [0.5, 0.6) is 11.5 Å². The number of urea groups is 1. The number of benzene rings is 1. The van der Waals surface area contributed by atoms with Crippen molar-refractivity contribution in [2.24, 2.45) is 0 Å². The van der Waals surface area contributed by atoms with E-state index in [9.17, 15) is 4.79 Å². The Kier molecular flexibility index (Phi) is 7.32. The quantitative estimate of drug-likeness (QED) is 0.745. The van der Waals surface area contributed by atoms with Gasteiger partial charge in [0.2, 0.25) is 0 Å². The highest BCUT2D eigenvalue weighted by molar-refractivity contribution is 5.73. The summed E-state index contributed by atoms with van der Waals surface area (Å²) in [6, 6.07) is 7.20. The molecule has 0 aromatic heterocycles. The Balaban J connectivity index is 2.27. The molecule has 112 valence electrons. The predicted molar refractivity (Wildman–Crippen MR) is 79.2 cm³/mol. The normalized spacial score (nSPS) is 9.95. The molecule has 0 bridgehead atoms. The minimum absolute atomic E-state index is 0.121. The zero-order valence-electron chi connectivity index (χ0n) is 12.5. The third-order valence-corrected chi connectivity index (χ3v) is 2.79.